The Morgan fingerprint density at radius 2 is 1.89 bits per heavy atom. The Labute approximate surface area is 167 Å². The van der Waals surface area contributed by atoms with Gasteiger partial charge in [0.05, 0.1) is 13.7 Å². The molecule has 2 aromatic carbocycles. The van der Waals surface area contributed by atoms with Crippen LogP contribution in [0.25, 0.3) is 0 Å². The van der Waals surface area contributed by atoms with Crippen LogP contribution in [0.4, 0.5) is 0 Å². The number of aliphatic hydroxyl groups is 1. The Balaban J connectivity index is 1.88. The second-order valence-electron chi connectivity index (χ2n) is 6.67. The van der Waals surface area contributed by atoms with Crippen LogP contribution in [-0.2, 0) is 6.54 Å². The monoisotopic (exact) mass is 385 g/mol. The number of nitrogens with zero attached hydrogens (tertiary/aromatic N) is 1. The predicted octanol–water partition coefficient (Wildman–Crippen LogP) is 2.81. The number of benzene rings is 2. The molecule has 0 heterocycles. The normalized spacial score (nSPS) is 12.4. The maximum atomic E-state index is 10.2. The van der Waals surface area contributed by atoms with Gasteiger partial charge in [0.1, 0.15) is 24.2 Å². The van der Waals surface area contributed by atoms with Crippen molar-refractivity contribution in [2.45, 2.75) is 33.4 Å². The molecule has 3 N–H and O–H groups in total. The number of methoxy groups -OCH3 is 1. The van der Waals surface area contributed by atoms with E-state index in [4.69, 9.17) is 9.47 Å². The molecular weight excluding hydrogens is 354 g/mol. The lowest BCUT2D eigenvalue weighted by molar-refractivity contribution is 0.110. The number of rotatable bonds is 9. The molecule has 0 amide bonds. The fourth-order valence-electron chi connectivity index (χ4n) is 2.66. The van der Waals surface area contributed by atoms with E-state index in [-0.39, 0.29) is 6.61 Å². The highest BCUT2D eigenvalue weighted by Gasteiger charge is 2.08. The van der Waals surface area contributed by atoms with E-state index in [9.17, 15) is 5.11 Å². The highest BCUT2D eigenvalue weighted by atomic mass is 16.5. The van der Waals surface area contributed by atoms with Crippen molar-refractivity contribution in [3.63, 3.8) is 0 Å². The molecule has 0 bridgehead atoms. The molecule has 152 valence electrons. The molecule has 0 saturated heterocycles. The summed E-state index contributed by atoms with van der Waals surface area (Å²) in [6, 6.07) is 13.8. The van der Waals surface area contributed by atoms with E-state index in [0.29, 0.717) is 19.0 Å². The molecule has 6 heteroatoms. The summed E-state index contributed by atoms with van der Waals surface area (Å²) >= 11 is 0. The third-order valence-electron chi connectivity index (χ3n) is 4.13. The van der Waals surface area contributed by atoms with Gasteiger partial charge in [-0.25, -0.2) is 4.99 Å². The SMILES string of the molecule is CCNC(=NCc1ccc(C)cc1OC)NCC(O)COc1cccc(C)c1. The maximum absolute atomic E-state index is 10.2. The lowest BCUT2D eigenvalue weighted by atomic mass is 10.1. The van der Waals surface area contributed by atoms with Gasteiger partial charge in [-0.05, 0) is 50.1 Å². The molecule has 28 heavy (non-hydrogen) atoms. The molecule has 1 unspecified atom stereocenters. The molecule has 2 rings (SSSR count). The number of nitrogens with one attached hydrogen (secondary N) is 2. The molecule has 0 aliphatic carbocycles. The zero-order valence-electron chi connectivity index (χ0n) is 17.2. The number of guanidine groups is 1. The molecule has 0 fully saturated rings. The summed E-state index contributed by atoms with van der Waals surface area (Å²) in [4.78, 5) is 4.59. The number of aryl methyl sites for hydroxylation is 2. The first kappa shape index (κ1) is 21.6. The summed E-state index contributed by atoms with van der Waals surface area (Å²) in [5.74, 6) is 2.22. The lowest BCUT2D eigenvalue weighted by Crippen LogP contribution is -2.42. The van der Waals surface area contributed by atoms with E-state index in [0.717, 1.165) is 34.7 Å². The third-order valence-corrected chi connectivity index (χ3v) is 4.13. The minimum Gasteiger partial charge on any atom is -0.496 e. The summed E-state index contributed by atoms with van der Waals surface area (Å²) in [7, 11) is 1.66. The van der Waals surface area contributed by atoms with Crippen molar-refractivity contribution in [2.24, 2.45) is 4.99 Å². The van der Waals surface area contributed by atoms with Gasteiger partial charge in [0.25, 0.3) is 0 Å². The van der Waals surface area contributed by atoms with Crippen molar-refractivity contribution in [3.8, 4) is 11.5 Å². The molecule has 0 spiro atoms. The fourth-order valence-corrected chi connectivity index (χ4v) is 2.66. The van der Waals surface area contributed by atoms with Gasteiger partial charge < -0.3 is 25.2 Å². The topological polar surface area (TPSA) is 75.1 Å². The highest BCUT2D eigenvalue weighted by Crippen LogP contribution is 2.20. The molecular formula is C22H31N3O3. The second-order valence-corrected chi connectivity index (χ2v) is 6.67. The molecule has 0 aliphatic rings. The number of hydrogen-bond donors (Lipinski definition) is 3. The van der Waals surface area contributed by atoms with Gasteiger partial charge in [-0.2, -0.15) is 0 Å². The highest BCUT2D eigenvalue weighted by molar-refractivity contribution is 5.79. The molecule has 0 radical (unpaired) electrons. The van der Waals surface area contributed by atoms with Crippen molar-refractivity contribution in [1.29, 1.82) is 0 Å². The van der Waals surface area contributed by atoms with Gasteiger partial charge >= 0.3 is 0 Å². The molecule has 0 saturated carbocycles. The minimum absolute atomic E-state index is 0.210. The summed E-state index contributed by atoms with van der Waals surface area (Å²) in [5.41, 5.74) is 3.28. The second kappa shape index (κ2) is 11.2. The van der Waals surface area contributed by atoms with E-state index in [1.165, 1.54) is 0 Å². The van der Waals surface area contributed by atoms with Gasteiger partial charge in [-0.3, -0.25) is 0 Å². The first-order valence-corrected chi connectivity index (χ1v) is 9.55. The van der Waals surface area contributed by atoms with Crippen LogP contribution < -0.4 is 20.1 Å². The van der Waals surface area contributed by atoms with Crippen LogP contribution in [0.5, 0.6) is 11.5 Å². The van der Waals surface area contributed by atoms with Crippen LogP contribution >= 0.6 is 0 Å². The van der Waals surface area contributed by atoms with E-state index < -0.39 is 6.10 Å². The Bertz CT molecular complexity index is 777. The van der Waals surface area contributed by atoms with Crippen LogP contribution in [0.15, 0.2) is 47.5 Å². The van der Waals surface area contributed by atoms with E-state index in [2.05, 4.69) is 15.6 Å². The first-order chi connectivity index (χ1) is 13.5. The Morgan fingerprint density at radius 3 is 2.61 bits per heavy atom. The Kier molecular flexibility index (Phi) is 8.62. The molecule has 0 aromatic heterocycles. The minimum atomic E-state index is -0.654. The van der Waals surface area contributed by atoms with Crippen molar-refractivity contribution >= 4 is 5.96 Å². The van der Waals surface area contributed by atoms with Crippen LogP contribution in [0.3, 0.4) is 0 Å². The van der Waals surface area contributed by atoms with E-state index in [1.807, 2.05) is 63.2 Å². The van der Waals surface area contributed by atoms with Crippen molar-refractivity contribution in [3.05, 3.63) is 59.2 Å². The lowest BCUT2D eigenvalue weighted by Gasteiger charge is -2.16. The Morgan fingerprint density at radius 1 is 1.11 bits per heavy atom. The quantitative estimate of drug-likeness (QED) is 0.457. The zero-order valence-corrected chi connectivity index (χ0v) is 17.2. The summed E-state index contributed by atoms with van der Waals surface area (Å²) in [6.07, 6.45) is -0.654. The van der Waals surface area contributed by atoms with Gasteiger partial charge in [-0.15, -0.1) is 0 Å². The summed E-state index contributed by atoms with van der Waals surface area (Å²) in [6.45, 7) is 7.79. The van der Waals surface area contributed by atoms with Gasteiger partial charge in [0.2, 0.25) is 0 Å². The fraction of sp³-hybridized carbons (Fsp3) is 0.409. The molecule has 1 atom stereocenters. The molecule has 6 nitrogen and oxygen atoms in total. The van der Waals surface area contributed by atoms with Crippen LogP contribution in [0.2, 0.25) is 0 Å². The van der Waals surface area contributed by atoms with Crippen molar-refractivity contribution in [2.75, 3.05) is 26.8 Å². The molecule has 2 aromatic rings. The number of aliphatic imine (C=N–C) groups is 1. The standard InChI is InChI=1S/C22H31N3O3/c1-5-23-22(24-13-18-10-9-17(3)12-21(18)27-4)25-14-19(26)15-28-20-8-6-7-16(2)11-20/h6-12,19,26H,5,13-15H2,1-4H3,(H2,23,24,25). The number of hydrogen-bond acceptors (Lipinski definition) is 4. The average Bonchev–Trinajstić information content (AvgIpc) is 2.69. The van der Waals surface area contributed by atoms with E-state index in [1.54, 1.807) is 7.11 Å². The zero-order chi connectivity index (χ0) is 20.4. The average molecular weight is 386 g/mol. The predicted molar refractivity (Wildman–Crippen MR) is 113 cm³/mol. The van der Waals surface area contributed by atoms with Gasteiger partial charge in [0.15, 0.2) is 5.96 Å². The van der Waals surface area contributed by atoms with Crippen LogP contribution in [0, 0.1) is 13.8 Å². The van der Waals surface area contributed by atoms with Crippen molar-refractivity contribution < 1.29 is 14.6 Å². The van der Waals surface area contributed by atoms with E-state index >= 15 is 0 Å². The van der Waals surface area contributed by atoms with Gasteiger partial charge in [0, 0.05) is 18.7 Å². The maximum Gasteiger partial charge on any atom is 0.191 e. The molecule has 0 aliphatic heterocycles. The van der Waals surface area contributed by atoms with Crippen LogP contribution in [-0.4, -0.2) is 44.0 Å². The first-order valence-electron chi connectivity index (χ1n) is 9.55. The Hall–Kier alpha value is -2.73. The van der Waals surface area contributed by atoms with Crippen molar-refractivity contribution in [1.82, 2.24) is 10.6 Å². The largest absolute Gasteiger partial charge is 0.496 e. The third kappa shape index (κ3) is 7.12. The number of aliphatic hydroxyl groups excluding tert-OH is 1. The van der Waals surface area contributed by atoms with Gasteiger partial charge in [-0.1, -0.05) is 24.3 Å². The summed E-state index contributed by atoms with van der Waals surface area (Å²) in [5, 5.41) is 16.5. The smallest absolute Gasteiger partial charge is 0.191 e. The summed E-state index contributed by atoms with van der Waals surface area (Å²) < 4.78 is 11.1. The number of ether oxygens (including phenoxy) is 2. The van der Waals surface area contributed by atoms with Crippen LogP contribution in [0.1, 0.15) is 23.6 Å².